The van der Waals surface area contributed by atoms with Crippen LogP contribution in [0.15, 0.2) is 71.5 Å². The Morgan fingerprint density at radius 1 is 0.906 bits per heavy atom. The van der Waals surface area contributed by atoms with E-state index in [1.54, 1.807) is 22.8 Å². The Hall–Kier alpha value is -3.35. The molecule has 5 rings (SSSR count). The SMILES string of the molecule is O=C(c1ccccc1)N1CC2CC(C1)c1ccc(-c3cccc(C(F)(F)F)c3)c(=O)n1C2. The summed E-state index contributed by atoms with van der Waals surface area (Å²) in [6.45, 7) is 1.53. The smallest absolute Gasteiger partial charge is 0.338 e. The topological polar surface area (TPSA) is 42.3 Å². The van der Waals surface area contributed by atoms with Gasteiger partial charge in [-0.25, -0.2) is 0 Å². The van der Waals surface area contributed by atoms with Crippen LogP contribution in [-0.4, -0.2) is 28.5 Å². The van der Waals surface area contributed by atoms with Crippen LogP contribution in [0.25, 0.3) is 11.1 Å². The van der Waals surface area contributed by atoms with Crippen molar-refractivity contribution >= 4 is 5.91 Å². The van der Waals surface area contributed by atoms with Gasteiger partial charge in [0, 0.05) is 42.4 Å². The van der Waals surface area contributed by atoms with Crippen LogP contribution in [-0.2, 0) is 12.7 Å². The molecule has 3 aromatic rings. The number of benzene rings is 2. The average molecular weight is 438 g/mol. The number of likely N-dealkylation sites (tertiary alicyclic amines) is 1. The van der Waals surface area contributed by atoms with Gasteiger partial charge < -0.3 is 9.47 Å². The van der Waals surface area contributed by atoms with E-state index >= 15 is 0 Å². The number of hydrogen-bond acceptors (Lipinski definition) is 2. The minimum atomic E-state index is -4.47. The van der Waals surface area contributed by atoms with Crippen LogP contribution >= 0.6 is 0 Å². The van der Waals surface area contributed by atoms with E-state index in [0.29, 0.717) is 25.2 Å². The summed E-state index contributed by atoms with van der Waals surface area (Å²) < 4.78 is 41.1. The van der Waals surface area contributed by atoms with Gasteiger partial charge in [0.1, 0.15) is 0 Å². The van der Waals surface area contributed by atoms with Gasteiger partial charge in [-0.15, -0.1) is 0 Å². The van der Waals surface area contributed by atoms with E-state index < -0.39 is 11.7 Å². The van der Waals surface area contributed by atoms with Crippen molar-refractivity contribution in [2.75, 3.05) is 13.1 Å². The van der Waals surface area contributed by atoms with Crippen molar-refractivity contribution in [2.45, 2.75) is 25.1 Å². The second-order valence-electron chi connectivity index (χ2n) is 8.54. The number of nitrogens with zero attached hydrogens (tertiary/aromatic N) is 2. The van der Waals surface area contributed by atoms with Gasteiger partial charge in [-0.1, -0.05) is 30.3 Å². The highest BCUT2D eigenvalue weighted by atomic mass is 19.4. The van der Waals surface area contributed by atoms with Crippen LogP contribution in [0.1, 0.15) is 34.0 Å². The number of fused-ring (bicyclic) bond motifs is 4. The minimum Gasteiger partial charge on any atom is -0.338 e. The Labute approximate surface area is 182 Å². The fraction of sp³-hybridized carbons (Fsp3) is 0.280. The maximum Gasteiger partial charge on any atom is 0.416 e. The van der Waals surface area contributed by atoms with E-state index in [2.05, 4.69) is 0 Å². The number of aromatic nitrogens is 1. The van der Waals surface area contributed by atoms with Crippen LogP contribution in [0.2, 0.25) is 0 Å². The Morgan fingerprint density at radius 3 is 2.44 bits per heavy atom. The molecule has 0 N–H and O–H groups in total. The maximum atomic E-state index is 13.2. The molecular formula is C25H21F3N2O2. The van der Waals surface area contributed by atoms with Crippen LogP contribution in [0.3, 0.4) is 0 Å². The van der Waals surface area contributed by atoms with Crippen LogP contribution in [0.4, 0.5) is 13.2 Å². The molecule has 2 bridgehead atoms. The lowest BCUT2D eigenvalue weighted by atomic mass is 9.82. The number of pyridine rings is 1. The third-order valence-electron chi connectivity index (χ3n) is 6.41. The predicted molar refractivity (Wildman–Crippen MR) is 114 cm³/mol. The fourth-order valence-electron chi connectivity index (χ4n) is 4.96. The van der Waals surface area contributed by atoms with Gasteiger partial charge in [0.25, 0.3) is 11.5 Å². The van der Waals surface area contributed by atoms with Crippen molar-refractivity contribution < 1.29 is 18.0 Å². The van der Waals surface area contributed by atoms with Gasteiger partial charge in [0.05, 0.1) is 5.56 Å². The number of hydrogen-bond donors (Lipinski definition) is 0. The Morgan fingerprint density at radius 2 is 1.69 bits per heavy atom. The molecule has 0 aliphatic carbocycles. The van der Waals surface area contributed by atoms with E-state index in [4.69, 9.17) is 0 Å². The molecule has 1 saturated heterocycles. The normalized spacial score (nSPS) is 20.0. The summed E-state index contributed by atoms with van der Waals surface area (Å²) in [6.07, 6.45) is -3.58. The third-order valence-corrected chi connectivity index (χ3v) is 6.41. The molecule has 2 atom stereocenters. The lowest BCUT2D eigenvalue weighted by molar-refractivity contribution is -0.137. The summed E-state index contributed by atoms with van der Waals surface area (Å²) >= 11 is 0. The summed E-state index contributed by atoms with van der Waals surface area (Å²) in [5, 5.41) is 0. The first-order valence-corrected chi connectivity index (χ1v) is 10.6. The molecule has 0 spiro atoms. The second kappa shape index (κ2) is 7.65. The molecule has 2 aromatic carbocycles. The predicted octanol–water partition coefficient (Wildman–Crippen LogP) is 4.79. The van der Waals surface area contributed by atoms with Gasteiger partial charge >= 0.3 is 6.18 Å². The van der Waals surface area contributed by atoms with Crippen molar-refractivity contribution in [2.24, 2.45) is 5.92 Å². The van der Waals surface area contributed by atoms with E-state index in [-0.39, 0.29) is 34.4 Å². The van der Waals surface area contributed by atoms with Gasteiger partial charge in [-0.3, -0.25) is 9.59 Å². The van der Waals surface area contributed by atoms with Gasteiger partial charge in [-0.2, -0.15) is 13.2 Å². The Balaban J connectivity index is 1.47. The highest BCUT2D eigenvalue weighted by molar-refractivity contribution is 5.94. The first kappa shape index (κ1) is 20.5. The summed E-state index contributed by atoms with van der Waals surface area (Å²) in [5.41, 5.74) is 0.953. The molecule has 32 heavy (non-hydrogen) atoms. The highest BCUT2D eigenvalue weighted by Crippen LogP contribution is 2.37. The molecule has 0 saturated carbocycles. The molecule has 1 aromatic heterocycles. The third kappa shape index (κ3) is 3.61. The fourth-order valence-corrected chi connectivity index (χ4v) is 4.96. The van der Waals surface area contributed by atoms with Crippen molar-refractivity contribution in [3.05, 3.63) is 93.9 Å². The van der Waals surface area contributed by atoms with Crippen LogP contribution < -0.4 is 5.56 Å². The number of halogens is 3. The van der Waals surface area contributed by atoms with Crippen LogP contribution in [0, 0.1) is 5.92 Å². The zero-order valence-electron chi connectivity index (χ0n) is 17.2. The molecule has 2 aliphatic heterocycles. The van der Waals surface area contributed by atoms with E-state index in [0.717, 1.165) is 24.2 Å². The van der Waals surface area contributed by atoms with Crippen molar-refractivity contribution in [3.8, 4) is 11.1 Å². The standard InChI is InChI=1S/C25H21F3N2O2/c26-25(27,28)20-8-4-7-18(12-20)21-9-10-22-19-11-16(14-30(22)24(21)32)13-29(15-19)23(31)17-5-2-1-3-6-17/h1-10,12,16,19H,11,13-15H2. The molecule has 1 amide bonds. The van der Waals surface area contributed by atoms with E-state index in [1.807, 2.05) is 29.2 Å². The number of piperidine rings is 1. The number of rotatable bonds is 2. The quantitative estimate of drug-likeness (QED) is 0.577. The van der Waals surface area contributed by atoms with Crippen LogP contribution in [0.5, 0.6) is 0 Å². The molecule has 4 nitrogen and oxygen atoms in total. The number of carbonyl (C=O) groups excluding carboxylic acids is 1. The summed E-state index contributed by atoms with van der Waals surface area (Å²) in [5.74, 6) is 0.137. The highest BCUT2D eigenvalue weighted by Gasteiger charge is 2.37. The molecule has 3 heterocycles. The number of carbonyl (C=O) groups is 1. The molecule has 7 heteroatoms. The van der Waals surface area contributed by atoms with E-state index in [9.17, 15) is 22.8 Å². The molecule has 1 fully saturated rings. The van der Waals surface area contributed by atoms with Gasteiger partial charge in [-0.05, 0) is 54.3 Å². The summed E-state index contributed by atoms with van der Waals surface area (Å²) in [6, 6.07) is 17.5. The molecule has 164 valence electrons. The van der Waals surface area contributed by atoms with Gasteiger partial charge in [0.15, 0.2) is 0 Å². The zero-order chi connectivity index (χ0) is 22.5. The Kier molecular flexibility index (Phi) is 4.92. The van der Waals surface area contributed by atoms with Crippen molar-refractivity contribution in [1.82, 2.24) is 9.47 Å². The lowest BCUT2D eigenvalue weighted by Gasteiger charge is -2.43. The first-order valence-electron chi connectivity index (χ1n) is 10.6. The summed E-state index contributed by atoms with van der Waals surface area (Å²) in [4.78, 5) is 28.0. The maximum absolute atomic E-state index is 13.2. The Bertz CT molecular complexity index is 1230. The average Bonchev–Trinajstić information content (AvgIpc) is 2.79. The molecule has 2 unspecified atom stereocenters. The van der Waals surface area contributed by atoms with Crippen molar-refractivity contribution in [1.29, 1.82) is 0 Å². The van der Waals surface area contributed by atoms with Crippen molar-refractivity contribution in [3.63, 3.8) is 0 Å². The summed E-state index contributed by atoms with van der Waals surface area (Å²) in [7, 11) is 0. The molecular weight excluding hydrogens is 417 g/mol. The molecule has 0 radical (unpaired) electrons. The zero-order valence-corrected chi connectivity index (χ0v) is 17.2. The molecule has 2 aliphatic rings. The minimum absolute atomic E-state index is 0.0170. The monoisotopic (exact) mass is 438 g/mol. The lowest BCUT2D eigenvalue weighted by Crippen LogP contribution is -2.49. The van der Waals surface area contributed by atoms with E-state index in [1.165, 1.54) is 12.1 Å². The number of amides is 1. The first-order chi connectivity index (χ1) is 15.3. The largest absolute Gasteiger partial charge is 0.416 e. The number of alkyl halides is 3. The van der Waals surface area contributed by atoms with Gasteiger partial charge in [0.2, 0.25) is 0 Å². The second-order valence-corrected chi connectivity index (χ2v) is 8.54.